The van der Waals surface area contributed by atoms with Crippen LogP contribution in [0.4, 0.5) is 5.69 Å². The number of carbonyl (C=O) groups is 1. The number of nitrogens with two attached hydrogens (primary N) is 1. The van der Waals surface area contributed by atoms with Crippen LogP contribution in [-0.2, 0) is 4.74 Å². The lowest BCUT2D eigenvalue weighted by Crippen LogP contribution is -2.29. The summed E-state index contributed by atoms with van der Waals surface area (Å²) in [5.41, 5.74) is 6.76. The third-order valence-electron chi connectivity index (χ3n) is 3.53. The average Bonchev–Trinajstić information content (AvgIpc) is 2.48. The maximum atomic E-state index is 12.0. The molecule has 0 aromatic heterocycles. The Balaban J connectivity index is 1.82. The summed E-state index contributed by atoms with van der Waals surface area (Å²) in [6.07, 6.45) is 4.56. The SMILES string of the molecule is COc1ccc(C(=O)NCCC2CCCCO2)c(N)c1. The van der Waals surface area contributed by atoms with E-state index >= 15 is 0 Å². The Morgan fingerprint density at radius 1 is 1.50 bits per heavy atom. The van der Waals surface area contributed by atoms with Crippen LogP contribution in [0.3, 0.4) is 0 Å². The van der Waals surface area contributed by atoms with E-state index in [-0.39, 0.29) is 12.0 Å². The molecule has 5 nitrogen and oxygen atoms in total. The molecule has 1 fully saturated rings. The van der Waals surface area contributed by atoms with Gasteiger partial charge in [0.25, 0.3) is 5.91 Å². The number of carbonyl (C=O) groups excluding carboxylic acids is 1. The van der Waals surface area contributed by atoms with Crippen LogP contribution in [-0.4, -0.2) is 32.3 Å². The van der Waals surface area contributed by atoms with E-state index in [1.807, 2.05) is 0 Å². The maximum Gasteiger partial charge on any atom is 0.253 e. The molecule has 5 heteroatoms. The fourth-order valence-corrected chi connectivity index (χ4v) is 2.35. The van der Waals surface area contributed by atoms with E-state index in [4.69, 9.17) is 15.2 Å². The molecule has 3 N–H and O–H groups in total. The number of benzene rings is 1. The van der Waals surface area contributed by atoms with Gasteiger partial charge in [0.05, 0.1) is 18.8 Å². The molecule has 1 aliphatic heterocycles. The second-order valence-electron chi connectivity index (χ2n) is 4.99. The molecule has 1 aromatic carbocycles. The normalized spacial score (nSPS) is 18.6. The van der Waals surface area contributed by atoms with Crippen LogP contribution >= 0.6 is 0 Å². The van der Waals surface area contributed by atoms with Gasteiger partial charge in [0.1, 0.15) is 5.75 Å². The number of methoxy groups -OCH3 is 1. The van der Waals surface area contributed by atoms with Crippen molar-refractivity contribution >= 4 is 11.6 Å². The molecular formula is C15H22N2O3. The molecule has 1 amide bonds. The summed E-state index contributed by atoms with van der Waals surface area (Å²) >= 11 is 0. The van der Waals surface area contributed by atoms with Crippen LogP contribution in [0, 0.1) is 0 Å². The third kappa shape index (κ3) is 3.87. The maximum absolute atomic E-state index is 12.0. The number of nitrogen functional groups attached to an aromatic ring is 1. The van der Waals surface area contributed by atoms with Crippen molar-refractivity contribution in [3.8, 4) is 5.75 Å². The average molecular weight is 278 g/mol. The lowest BCUT2D eigenvalue weighted by Gasteiger charge is -2.22. The molecule has 1 saturated heterocycles. The summed E-state index contributed by atoms with van der Waals surface area (Å²) < 4.78 is 10.7. The fraction of sp³-hybridized carbons (Fsp3) is 0.533. The first-order valence-corrected chi connectivity index (χ1v) is 7.04. The molecule has 110 valence electrons. The molecule has 0 aliphatic carbocycles. The Kier molecular flexibility index (Phi) is 5.24. The van der Waals surface area contributed by atoms with Gasteiger partial charge in [-0.2, -0.15) is 0 Å². The van der Waals surface area contributed by atoms with Gasteiger partial charge in [-0.05, 0) is 37.8 Å². The fourth-order valence-electron chi connectivity index (χ4n) is 2.35. The summed E-state index contributed by atoms with van der Waals surface area (Å²) in [4.78, 5) is 12.0. The molecule has 1 heterocycles. The molecule has 20 heavy (non-hydrogen) atoms. The molecule has 0 saturated carbocycles. The predicted molar refractivity (Wildman–Crippen MR) is 77.9 cm³/mol. The Morgan fingerprint density at radius 2 is 2.35 bits per heavy atom. The van der Waals surface area contributed by atoms with E-state index in [0.29, 0.717) is 23.5 Å². The molecule has 1 unspecified atom stereocenters. The predicted octanol–water partition coefficient (Wildman–Crippen LogP) is 1.97. The Morgan fingerprint density at radius 3 is 3.00 bits per heavy atom. The Hall–Kier alpha value is -1.75. The minimum atomic E-state index is -0.152. The van der Waals surface area contributed by atoms with Crippen molar-refractivity contribution in [1.29, 1.82) is 0 Å². The van der Waals surface area contributed by atoms with Crippen molar-refractivity contribution in [2.24, 2.45) is 0 Å². The van der Waals surface area contributed by atoms with Crippen molar-refractivity contribution < 1.29 is 14.3 Å². The quantitative estimate of drug-likeness (QED) is 0.808. The summed E-state index contributed by atoms with van der Waals surface area (Å²) in [5, 5.41) is 2.88. The second-order valence-corrected chi connectivity index (χ2v) is 4.99. The van der Waals surface area contributed by atoms with Crippen LogP contribution in [0.1, 0.15) is 36.0 Å². The van der Waals surface area contributed by atoms with Crippen LogP contribution < -0.4 is 15.8 Å². The van der Waals surface area contributed by atoms with Gasteiger partial charge in [0, 0.05) is 24.9 Å². The molecule has 1 atom stereocenters. The zero-order valence-electron chi connectivity index (χ0n) is 11.9. The number of ether oxygens (including phenoxy) is 2. The Labute approximate surface area is 119 Å². The number of hydrogen-bond acceptors (Lipinski definition) is 4. The number of hydrogen-bond donors (Lipinski definition) is 2. The number of nitrogens with one attached hydrogen (secondary N) is 1. The van der Waals surface area contributed by atoms with E-state index in [2.05, 4.69) is 5.32 Å². The first kappa shape index (κ1) is 14.7. The van der Waals surface area contributed by atoms with Gasteiger partial charge in [-0.3, -0.25) is 4.79 Å². The van der Waals surface area contributed by atoms with Crippen LogP contribution in [0.5, 0.6) is 5.75 Å². The molecule has 0 bridgehead atoms. The van der Waals surface area contributed by atoms with Crippen molar-refractivity contribution in [2.45, 2.75) is 31.8 Å². The number of rotatable bonds is 5. The number of amides is 1. The van der Waals surface area contributed by atoms with Crippen molar-refractivity contribution in [3.63, 3.8) is 0 Å². The van der Waals surface area contributed by atoms with Crippen LogP contribution in [0.2, 0.25) is 0 Å². The summed E-state index contributed by atoms with van der Waals surface area (Å²) in [6, 6.07) is 5.06. The highest BCUT2D eigenvalue weighted by atomic mass is 16.5. The zero-order valence-corrected chi connectivity index (χ0v) is 11.9. The molecule has 2 rings (SSSR count). The molecule has 1 aliphatic rings. The van der Waals surface area contributed by atoms with E-state index in [0.717, 1.165) is 25.9 Å². The van der Waals surface area contributed by atoms with Crippen molar-refractivity contribution in [2.75, 3.05) is 26.0 Å². The van der Waals surface area contributed by atoms with E-state index < -0.39 is 0 Å². The third-order valence-corrected chi connectivity index (χ3v) is 3.53. The van der Waals surface area contributed by atoms with Gasteiger partial charge in [0.2, 0.25) is 0 Å². The summed E-state index contributed by atoms with van der Waals surface area (Å²) in [5.74, 6) is 0.496. The van der Waals surface area contributed by atoms with Gasteiger partial charge in [0.15, 0.2) is 0 Å². The van der Waals surface area contributed by atoms with Crippen molar-refractivity contribution in [1.82, 2.24) is 5.32 Å². The smallest absolute Gasteiger partial charge is 0.253 e. The summed E-state index contributed by atoms with van der Waals surface area (Å²) in [7, 11) is 1.57. The van der Waals surface area contributed by atoms with E-state index in [9.17, 15) is 4.79 Å². The summed E-state index contributed by atoms with van der Waals surface area (Å²) in [6.45, 7) is 1.44. The van der Waals surface area contributed by atoms with Crippen molar-refractivity contribution in [3.05, 3.63) is 23.8 Å². The topological polar surface area (TPSA) is 73.6 Å². The Bertz CT molecular complexity index is 456. The van der Waals surface area contributed by atoms with E-state index in [1.54, 1.807) is 25.3 Å². The minimum absolute atomic E-state index is 0.152. The first-order chi connectivity index (χ1) is 9.70. The first-order valence-electron chi connectivity index (χ1n) is 7.04. The lowest BCUT2D eigenvalue weighted by molar-refractivity contribution is 0.0117. The lowest BCUT2D eigenvalue weighted by atomic mass is 10.1. The van der Waals surface area contributed by atoms with Gasteiger partial charge >= 0.3 is 0 Å². The van der Waals surface area contributed by atoms with Gasteiger partial charge < -0.3 is 20.5 Å². The van der Waals surface area contributed by atoms with Crippen LogP contribution in [0.15, 0.2) is 18.2 Å². The highest BCUT2D eigenvalue weighted by molar-refractivity contribution is 5.99. The second kappa shape index (κ2) is 7.14. The molecule has 0 radical (unpaired) electrons. The van der Waals surface area contributed by atoms with Gasteiger partial charge in [-0.1, -0.05) is 0 Å². The monoisotopic (exact) mass is 278 g/mol. The highest BCUT2D eigenvalue weighted by Crippen LogP contribution is 2.19. The minimum Gasteiger partial charge on any atom is -0.497 e. The molecule has 0 spiro atoms. The largest absolute Gasteiger partial charge is 0.497 e. The van der Waals surface area contributed by atoms with E-state index in [1.165, 1.54) is 6.42 Å². The molecular weight excluding hydrogens is 256 g/mol. The van der Waals surface area contributed by atoms with Gasteiger partial charge in [-0.15, -0.1) is 0 Å². The van der Waals surface area contributed by atoms with Gasteiger partial charge in [-0.25, -0.2) is 0 Å². The van der Waals surface area contributed by atoms with Crippen LogP contribution in [0.25, 0.3) is 0 Å². The zero-order chi connectivity index (χ0) is 14.4. The standard InChI is InChI=1S/C15H22N2O3/c1-19-12-5-6-13(14(16)10-12)15(18)17-8-7-11-4-2-3-9-20-11/h5-6,10-11H,2-4,7-9,16H2,1H3,(H,17,18). The number of anilines is 1. The molecule has 1 aromatic rings. The highest BCUT2D eigenvalue weighted by Gasteiger charge is 2.15.